The van der Waals surface area contributed by atoms with Crippen LogP contribution in [0.4, 0.5) is 0 Å². The fourth-order valence-electron chi connectivity index (χ4n) is 7.55. The molecule has 0 bridgehead atoms. The Balaban J connectivity index is 0.000000427. The van der Waals surface area contributed by atoms with Crippen molar-refractivity contribution in [2.24, 2.45) is 0 Å². The number of benzene rings is 4. The first-order valence-electron chi connectivity index (χ1n) is 23.6. The molecule has 11 heteroatoms. The van der Waals surface area contributed by atoms with Crippen LogP contribution in [0.3, 0.4) is 0 Å². The van der Waals surface area contributed by atoms with Crippen LogP contribution in [-0.2, 0) is 33.1 Å². The van der Waals surface area contributed by atoms with Crippen molar-refractivity contribution in [1.29, 1.82) is 0 Å². The topological polar surface area (TPSA) is 133 Å². The largest absolute Gasteiger partial charge is 2.00 e. The Kier molecular flexibility index (Phi) is 30.6. The van der Waals surface area contributed by atoms with Gasteiger partial charge in [0.05, 0.1) is 9.79 Å². The molecule has 344 valence electrons. The molecule has 4 aromatic rings. The standard InChI is InChI=1S/2C26H38O4S.Ca/c2*1-2-3-4-5-6-7-8-9-10-11-12-14-17-23-20-25(22-26(21-23)31(27,28)29)30-24-18-15-13-16-19-24;/h2*13,15-16,18-22H,2-12,14,17H2,1H3,(H,27,28,29);/q;;+2/p-2. The van der Waals surface area contributed by atoms with E-state index in [1.165, 1.54) is 153 Å². The third kappa shape index (κ3) is 27.0. The molecular formula is C52H74CaO8S2. The van der Waals surface area contributed by atoms with Gasteiger partial charge in [-0.3, -0.25) is 0 Å². The molecule has 0 radical (unpaired) electrons. The van der Waals surface area contributed by atoms with Crippen LogP contribution in [0, 0.1) is 0 Å². The molecule has 0 amide bonds. The van der Waals surface area contributed by atoms with Crippen molar-refractivity contribution in [1.82, 2.24) is 0 Å². The fourth-order valence-corrected chi connectivity index (χ4v) is 8.66. The van der Waals surface area contributed by atoms with Crippen molar-refractivity contribution in [2.45, 2.75) is 191 Å². The molecule has 0 atom stereocenters. The van der Waals surface area contributed by atoms with E-state index in [0.29, 0.717) is 23.0 Å². The van der Waals surface area contributed by atoms with Crippen LogP contribution in [0.15, 0.2) is 107 Å². The SMILES string of the molecule is CCCCCCCCCCCCCCc1cc(Oc2ccccc2)cc(S(=O)(=O)[O-])c1.CCCCCCCCCCCCCCc1cc(Oc2ccccc2)cc(S(=O)(=O)[O-])c1.[Ca+2]. The van der Waals surface area contributed by atoms with Gasteiger partial charge in [-0.05, 0) is 97.5 Å². The van der Waals surface area contributed by atoms with E-state index in [2.05, 4.69) is 13.8 Å². The van der Waals surface area contributed by atoms with Gasteiger partial charge in [-0.25, -0.2) is 16.8 Å². The van der Waals surface area contributed by atoms with E-state index >= 15 is 0 Å². The summed E-state index contributed by atoms with van der Waals surface area (Å²) in [6.45, 7) is 4.50. The Hall–Kier alpha value is -2.44. The van der Waals surface area contributed by atoms with E-state index in [-0.39, 0.29) is 47.5 Å². The molecule has 4 rings (SSSR count). The zero-order valence-corrected chi connectivity index (χ0v) is 42.3. The first-order valence-corrected chi connectivity index (χ1v) is 26.4. The number of hydrogen-bond acceptors (Lipinski definition) is 8. The summed E-state index contributed by atoms with van der Waals surface area (Å²) in [6.07, 6.45) is 32.1. The maximum absolute atomic E-state index is 11.6. The first kappa shape index (κ1) is 56.7. The summed E-state index contributed by atoms with van der Waals surface area (Å²) in [4.78, 5) is -0.454. The number of aryl methyl sites for hydroxylation is 2. The van der Waals surface area contributed by atoms with Crippen molar-refractivity contribution >= 4 is 58.0 Å². The number of unbranched alkanes of at least 4 members (excludes halogenated alkanes) is 22. The molecule has 0 heterocycles. The van der Waals surface area contributed by atoms with Crippen molar-refractivity contribution in [3.63, 3.8) is 0 Å². The molecular weight excluding hydrogens is 857 g/mol. The van der Waals surface area contributed by atoms with Gasteiger partial charge in [0.2, 0.25) is 0 Å². The molecule has 0 saturated heterocycles. The van der Waals surface area contributed by atoms with Gasteiger partial charge >= 0.3 is 37.7 Å². The molecule has 0 spiro atoms. The fraction of sp³-hybridized carbons (Fsp3) is 0.538. The molecule has 0 unspecified atom stereocenters. The van der Waals surface area contributed by atoms with Crippen LogP contribution < -0.4 is 9.47 Å². The average molecular weight is 931 g/mol. The van der Waals surface area contributed by atoms with Gasteiger partial charge in [-0.15, -0.1) is 0 Å². The summed E-state index contributed by atoms with van der Waals surface area (Å²) < 4.78 is 80.9. The van der Waals surface area contributed by atoms with E-state index in [1.54, 1.807) is 24.3 Å². The summed E-state index contributed by atoms with van der Waals surface area (Å²) >= 11 is 0. The second kappa shape index (κ2) is 34.0. The van der Waals surface area contributed by atoms with E-state index in [4.69, 9.17) is 9.47 Å². The summed E-state index contributed by atoms with van der Waals surface area (Å²) in [5.41, 5.74) is 1.66. The molecule has 0 fully saturated rings. The molecule has 8 nitrogen and oxygen atoms in total. The van der Waals surface area contributed by atoms with Crippen LogP contribution >= 0.6 is 0 Å². The van der Waals surface area contributed by atoms with E-state index in [1.807, 2.05) is 48.5 Å². The van der Waals surface area contributed by atoms with Gasteiger partial charge < -0.3 is 18.6 Å². The van der Waals surface area contributed by atoms with Crippen LogP contribution in [0.2, 0.25) is 0 Å². The zero-order chi connectivity index (χ0) is 44.7. The third-order valence-corrected chi connectivity index (χ3v) is 12.7. The second-order valence-corrected chi connectivity index (χ2v) is 19.4. The van der Waals surface area contributed by atoms with Gasteiger partial charge in [0, 0.05) is 0 Å². The minimum atomic E-state index is -4.53. The Morgan fingerprint density at radius 1 is 0.365 bits per heavy atom. The van der Waals surface area contributed by atoms with Crippen LogP contribution in [0.25, 0.3) is 0 Å². The van der Waals surface area contributed by atoms with Crippen LogP contribution in [-0.4, -0.2) is 63.7 Å². The second-order valence-electron chi connectivity index (χ2n) is 16.6. The van der Waals surface area contributed by atoms with Gasteiger partial charge in [0.15, 0.2) is 0 Å². The monoisotopic (exact) mass is 930 g/mol. The van der Waals surface area contributed by atoms with Gasteiger partial charge in [0.25, 0.3) is 0 Å². The Morgan fingerprint density at radius 2 is 0.635 bits per heavy atom. The van der Waals surface area contributed by atoms with Crippen LogP contribution in [0.1, 0.15) is 179 Å². The summed E-state index contributed by atoms with van der Waals surface area (Å²) in [5.74, 6) is 1.99. The van der Waals surface area contributed by atoms with Gasteiger partial charge in [-0.2, -0.15) is 0 Å². The Bertz CT molecular complexity index is 1850. The van der Waals surface area contributed by atoms with Crippen LogP contribution in [0.5, 0.6) is 23.0 Å². The molecule has 0 saturated carbocycles. The Morgan fingerprint density at radius 3 is 0.905 bits per heavy atom. The van der Waals surface area contributed by atoms with Crippen molar-refractivity contribution < 1.29 is 35.4 Å². The molecule has 0 aliphatic carbocycles. The predicted molar refractivity (Wildman–Crippen MR) is 257 cm³/mol. The third-order valence-electron chi connectivity index (χ3n) is 11.1. The number of rotatable bonds is 32. The normalized spacial score (nSPS) is 11.4. The van der Waals surface area contributed by atoms with Crippen molar-refractivity contribution in [2.75, 3.05) is 0 Å². The maximum Gasteiger partial charge on any atom is 2.00 e. The molecule has 0 aromatic heterocycles. The molecule has 0 aliphatic heterocycles. The van der Waals surface area contributed by atoms with Crippen molar-refractivity contribution in [3.8, 4) is 23.0 Å². The number of hydrogen-bond donors (Lipinski definition) is 0. The zero-order valence-electron chi connectivity index (χ0n) is 38.4. The summed E-state index contributed by atoms with van der Waals surface area (Å²) in [5, 5.41) is 0. The predicted octanol–water partition coefficient (Wildman–Crippen LogP) is 14.9. The van der Waals surface area contributed by atoms with Gasteiger partial charge in [0.1, 0.15) is 43.2 Å². The number of para-hydroxylation sites is 2. The summed E-state index contributed by atoms with van der Waals surface area (Å²) in [7, 11) is -9.05. The van der Waals surface area contributed by atoms with Gasteiger partial charge in [-0.1, -0.05) is 192 Å². The van der Waals surface area contributed by atoms with E-state index in [9.17, 15) is 25.9 Å². The smallest absolute Gasteiger partial charge is 0.744 e. The quantitative estimate of drug-likeness (QED) is 0.0269. The summed E-state index contributed by atoms with van der Waals surface area (Å²) in [6, 6.07) is 27.6. The first-order chi connectivity index (χ1) is 30.0. The average Bonchev–Trinajstić information content (AvgIpc) is 3.24. The molecule has 4 aromatic carbocycles. The Labute approximate surface area is 411 Å². The minimum Gasteiger partial charge on any atom is -0.744 e. The molecule has 0 aliphatic rings. The van der Waals surface area contributed by atoms with E-state index in [0.717, 1.165) is 49.7 Å². The van der Waals surface area contributed by atoms with Crippen molar-refractivity contribution in [3.05, 3.63) is 108 Å². The maximum atomic E-state index is 11.6. The molecule has 0 N–H and O–H groups in total. The van der Waals surface area contributed by atoms with E-state index < -0.39 is 20.2 Å². The number of ether oxygens (including phenoxy) is 2. The minimum absolute atomic E-state index is 0. The molecule has 63 heavy (non-hydrogen) atoms.